The van der Waals surface area contributed by atoms with Gasteiger partial charge in [0.05, 0.1) is 21.0 Å². The summed E-state index contributed by atoms with van der Waals surface area (Å²) in [6.07, 6.45) is -2.11. The second-order valence-corrected chi connectivity index (χ2v) is 6.73. The highest BCUT2D eigenvalue weighted by molar-refractivity contribution is 5.90. The highest BCUT2D eigenvalue weighted by Crippen LogP contribution is 2.26. The highest BCUT2D eigenvalue weighted by atomic mass is 16.7. The number of nitrogens with zero attached hydrogens (tertiary/aromatic N) is 2. The van der Waals surface area contributed by atoms with Gasteiger partial charge in [0.2, 0.25) is 0 Å². The molecule has 12 nitrogen and oxygen atoms in total. The van der Waals surface area contributed by atoms with E-state index in [-0.39, 0.29) is 35.5 Å². The first-order valence-electron chi connectivity index (χ1n) is 9.33. The zero-order chi connectivity index (χ0) is 23.3. The smallest absolute Gasteiger partial charge is 0.338 e. The summed E-state index contributed by atoms with van der Waals surface area (Å²) < 4.78 is 21.4. The molecule has 1 aliphatic rings. The fourth-order valence-corrected chi connectivity index (χ4v) is 2.99. The standard InChI is InChI=1S/C20H18N2O10/c1-29-18-10-16(32-20(24)13-4-8-15(9-5-13)22(27)28)17(31-18)11-30-19(23)12-2-6-14(7-3-12)21(25)26/h2-9,16-18H,10-11H2,1H3/t16-,17+,18-/m0/s1. The predicted molar refractivity (Wildman–Crippen MR) is 106 cm³/mol. The molecule has 3 atom stereocenters. The van der Waals surface area contributed by atoms with Gasteiger partial charge in [-0.25, -0.2) is 9.59 Å². The fraction of sp³-hybridized carbons (Fsp3) is 0.300. The predicted octanol–water partition coefficient (Wildman–Crippen LogP) is 2.65. The van der Waals surface area contributed by atoms with Gasteiger partial charge in [0.1, 0.15) is 18.8 Å². The van der Waals surface area contributed by atoms with Crippen LogP contribution < -0.4 is 0 Å². The van der Waals surface area contributed by atoms with Gasteiger partial charge < -0.3 is 18.9 Å². The number of nitro groups is 2. The number of methoxy groups -OCH3 is 1. The van der Waals surface area contributed by atoms with Crippen LogP contribution in [0.15, 0.2) is 48.5 Å². The lowest BCUT2D eigenvalue weighted by atomic mass is 10.1. The molecule has 1 fully saturated rings. The molecule has 0 aliphatic carbocycles. The lowest BCUT2D eigenvalue weighted by Crippen LogP contribution is -2.32. The molecule has 0 N–H and O–H groups in total. The van der Waals surface area contributed by atoms with Gasteiger partial charge in [-0.1, -0.05) is 0 Å². The molecule has 0 unspecified atom stereocenters. The molecule has 1 saturated heterocycles. The maximum absolute atomic E-state index is 12.4. The van der Waals surface area contributed by atoms with E-state index in [1.165, 1.54) is 55.6 Å². The Balaban J connectivity index is 1.61. The molecule has 3 rings (SSSR count). The normalized spacial score (nSPS) is 19.8. The Kier molecular flexibility index (Phi) is 7.07. The van der Waals surface area contributed by atoms with E-state index in [9.17, 15) is 29.8 Å². The number of benzene rings is 2. The summed E-state index contributed by atoms with van der Waals surface area (Å²) in [5.41, 5.74) is -0.113. The Labute approximate surface area is 180 Å². The third kappa shape index (κ3) is 5.42. The Morgan fingerprint density at radius 1 is 0.938 bits per heavy atom. The zero-order valence-electron chi connectivity index (χ0n) is 16.7. The van der Waals surface area contributed by atoms with Crippen LogP contribution in [0.3, 0.4) is 0 Å². The van der Waals surface area contributed by atoms with Gasteiger partial charge in [0.25, 0.3) is 11.4 Å². The van der Waals surface area contributed by atoms with Gasteiger partial charge in [-0.3, -0.25) is 20.2 Å². The number of hydrogen-bond acceptors (Lipinski definition) is 10. The van der Waals surface area contributed by atoms with Crippen LogP contribution in [0.2, 0.25) is 0 Å². The van der Waals surface area contributed by atoms with Crippen molar-refractivity contribution in [3.05, 3.63) is 79.9 Å². The number of rotatable bonds is 8. The van der Waals surface area contributed by atoms with Crippen LogP contribution in [0.25, 0.3) is 0 Å². The maximum Gasteiger partial charge on any atom is 0.338 e. The SMILES string of the molecule is CO[C@@H]1C[C@H](OC(=O)c2ccc([N+](=O)[O-])cc2)[C@@H](COC(=O)c2ccc([N+](=O)[O-])cc2)O1. The Bertz CT molecular complexity index is 1010. The lowest BCUT2D eigenvalue weighted by molar-refractivity contribution is -0.385. The van der Waals surface area contributed by atoms with Crippen LogP contribution in [-0.2, 0) is 18.9 Å². The first-order chi connectivity index (χ1) is 15.3. The van der Waals surface area contributed by atoms with Crippen molar-refractivity contribution in [2.45, 2.75) is 24.9 Å². The van der Waals surface area contributed by atoms with E-state index in [1.807, 2.05) is 0 Å². The van der Waals surface area contributed by atoms with Crippen LogP contribution in [0.5, 0.6) is 0 Å². The van der Waals surface area contributed by atoms with Crippen LogP contribution in [0.4, 0.5) is 11.4 Å². The summed E-state index contributed by atoms with van der Waals surface area (Å²) >= 11 is 0. The number of carbonyl (C=O) groups excluding carboxylic acids is 2. The molecule has 1 aliphatic heterocycles. The minimum absolute atomic E-state index is 0.108. The molecule has 2 aromatic carbocycles. The summed E-state index contributed by atoms with van der Waals surface area (Å²) in [5.74, 6) is -1.46. The second-order valence-electron chi connectivity index (χ2n) is 6.73. The molecule has 0 bridgehead atoms. The zero-order valence-corrected chi connectivity index (χ0v) is 16.7. The molecule has 0 radical (unpaired) electrons. The summed E-state index contributed by atoms with van der Waals surface area (Å²) in [7, 11) is 1.41. The molecule has 0 saturated carbocycles. The largest absolute Gasteiger partial charge is 0.459 e. The van der Waals surface area contributed by atoms with Crippen molar-refractivity contribution in [2.24, 2.45) is 0 Å². The Hall–Kier alpha value is -3.90. The first kappa shape index (κ1) is 22.8. The van der Waals surface area contributed by atoms with Crippen LogP contribution in [0, 0.1) is 20.2 Å². The molecule has 0 aromatic heterocycles. The third-order valence-corrected chi connectivity index (χ3v) is 4.69. The van der Waals surface area contributed by atoms with Gasteiger partial charge in [-0.15, -0.1) is 0 Å². The number of esters is 2. The van der Waals surface area contributed by atoms with E-state index in [1.54, 1.807) is 0 Å². The van der Waals surface area contributed by atoms with Gasteiger partial charge in [-0.2, -0.15) is 0 Å². The average molecular weight is 446 g/mol. The molecule has 12 heteroatoms. The summed E-state index contributed by atoms with van der Waals surface area (Å²) in [4.78, 5) is 44.9. The van der Waals surface area contributed by atoms with Gasteiger partial charge in [0, 0.05) is 37.8 Å². The van der Waals surface area contributed by atoms with Crippen molar-refractivity contribution in [1.82, 2.24) is 0 Å². The van der Waals surface area contributed by atoms with Crippen LogP contribution in [0.1, 0.15) is 27.1 Å². The topological polar surface area (TPSA) is 157 Å². The van der Waals surface area contributed by atoms with E-state index < -0.39 is 40.3 Å². The fourth-order valence-electron chi connectivity index (χ4n) is 2.99. The average Bonchev–Trinajstić information content (AvgIpc) is 3.19. The van der Waals surface area contributed by atoms with Crippen molar-refractivity contribution < 1.29 is 38.4 Å². The van der Waals surface area contributed by atoms with Gasteiger partial charge >= 0.3 is 11.9 Å². The molecule has 0 amide bonds. The third-order valence-electron chi connectivity index (χ3n) is 4.69. The monoisotopic (exact) mass is 446 g/mol. The summed E-state index contributed by atoms with van der Waals surface area (Å²) in [6, 6.07) is 9.80. The van der Waals surface area contributed by atoms with E-state index in [0.717, 1.165) is 0 Å². The maximum atomic E-state index is 12.4. The molecular formula is C20H18N2O10. The molecular weight excluding hydrogens is 428 g/mol. The quantitative estimate of drug-likeness (QED) is 0.335. The Morgan fingerprint density at radius 2 is 1.44 bits per heavy atom. The van der Waals surface area contributed by atoms with E-state index in [0.29, 0.717) is 0 Å². The van der Waals surface area contributed by atoms with Crippen molar-refractivity contribution in [1.29, 1.82) is 0 Å². The van der Waals surface area contributed by atoms with E-state index in [2.05, 4.69) is 0 Å². The van der Waals surface area contributed by atoms with Crippen LogP contribution >= 0.6 is 0 Å². The minimum atomic E-state index is -0.816. The summed E-state index contributed by atoms with van der Waals surface area (Å²) in [6.45, 7) is -0.256. The molecule has 32 heavy (non-hydrogen) atoms. The lowest BCUT2D eigenvalue weighted by Gasteiger charge is -2.18. The number of non-ortho nitro benzene ring substituents is 2. The van der Waals surface area contributed by atoms with E-state index in [4.69, 9.17) is 18.9 Å². The number of ether oxygens (including phenoxy) is 4. The van der Waals surface area contributed by atoms with Crippen molar-refractivity contribution in [3.63, 3.8) is 0 Å². The summed E-state index contributed by atoms with van der Waals surface area (Å²) in [5, 5.41) is 21.4. The van der Waals surface area contributed by atoms with E-state index >= 15 is 0 Å². The van der Waals surface area contributed by atoms with Gasteiger partial charge in [-0.05, 0) is 24.3 Å². The van der Waals surface area contributed by atoms with Crippen molar-refractivity contribution in [2.75, 3.05) is 13.7 Å². The minimum Gasteiger partial charge on any atom is -0.459 e. The van der Waals surface area contributed by atoms with Gasteiger partial charge in [0.15, 0.2) is 6.29 Å². The number of carbonyl (C=O) groups is 2. The van der Waals surface area contributed by atoms with Crippen molar-refractivity contribution in [3.8, 4) is 0 Å². The molecule has 2 aromatic rings. The highest BCUT2D eigenvalue weighted by Gasteiger charge is 2.39. The first-order valence-corrected chi connectivity index (χ1v) is 9.33. The number of nitro benzene ring substituents is 2. The second kappa shape index (κ2) is 9.94. The van der Waals surface area contributed by atoms with Crippen molar-refractivity contribution >= 4 is 23.3 Å². The van der Waals surface area contributed by atoms with Crippen LogP contribution in [-0.4, -0.2) is 54.0 Å². The molecule has 0 spiro atoms. The number of hydrogen-bond donors (Lipinski definition) is 0. The molecule has 1 heterocycles. The Morgan fingerprint density at radius 3 is 1.91 bits per heavy atom. The molecule has 168 valence electrons.